The molecule has 0 fully saturated rings. The number of benzene rings is 2. The number of hydrogen-bond donors (Lipinski definition) is 1. The largest absolute Gasteiger partial charge is 0.319 e. The van der Waals surface area contributed by atoms with Crippen LogP contribution in [0.2, 0.25) is 0 Å². The number of rotatable bonds is 3. The van der Waals surface area contributed by atoms with Crippen LogP contribution in [0, 0.1) is 0 Å². The summed E-state index contributed by atoms with van der Waals surface area (Å²) in [6, 6.07) is 17.9. The predicted molar refractivity (Wildman–Crippen MR) is 83.7 cm³/mol. The van der Waals surface area contributed by atoms with Crippen LogP contribution < -0.4 is 5.73 Å². The van der Waals surface area contributed by atoms with Crippen LogP contribution in [0.5, 0.6) is 0 Å². The lowest BCUT2D eigenvalue weighted by Gasteiger charge is -2.15. The molecular formula is C16H14BrN3. The van der Waals surface area contributed by atoms with Crippen molar-refractivity contribution < 1.29 is 0 Å². The fourth-order valence-electron chi connectivity index (χ4n) is 2.18. The van der Waals surface area contributed by atoms with E-state index < -0.39 is 0 Å². The van der Waals surface area contributed by atoms with E-state index in [1.165, 1.54) is 0 Å². The second-order valence-corrected chi connectivity index (χ2v) is 5.47. The standard InChI is InChI=1S/C16H14BrN3/c17-13-6-8-14(9-7-13)20-11-19-10-15(20)16(18)12-4-2-1-3-5-12/h1-11,16H,18H2. The third-order valence-corrected chi connectivity index (χ3v) is 3.78. The number of nitrogens with zero attached hydrogens (tertiary/aromatic N) is 2. The number of hydrogen-bond acceptors (Lipinski definition) is 2. The Morgan fingerprint density at radius 1 is 1.00 bits per heavy atom. The molecule has 0 radical (unpaired) electrons. The number of halogens is 1. The van der Waals surface area contributed by atoms with E-state index in [-0.39, 0.29) is 6.04 Å². The van der Waals surface area contributed by atoms with Crippen molar-refractivity contribution in [1.29, 1.82) is 0 Å². The minimum Gasteiger partial charge on any atom is -0.319 e. The van der Waals surface area contributed by atoms with E-state index in [2.05, 4.69) is 20.9 Å². The fraction of sp³-hybridized carbons (Fsp3) is 0.0625. The zero-order valence-electron chi connectivity index (χ0n) is 10.8. The van der Waals surface area contributed by atoms with E-state index in [0.29, 0.717) is 0 Å². The molecular weight excluding hydrogens is 314 g/mol. The molecule has 2 aromatic carbocycles. The van der Waals surface area contributed by atoms with Gasteiger partial charge in [0.15, 0.2) is 0 Å². The van der Waals surface area contributed by atoms with E-state index >= 15 is 0 Å². The Morgan fingerprint density at radius 2 is 1.70 bits per heavy atom. The highest BCUT2D eigenvalue weighted by Gasteiger charge is 2.14. The fourth-order valence-corrected chi connectivity index (χ4v) is 2.45. The average molecular weight is 328 g/mol. The Morgan fingerprint density at radius 3 is 2.40 bits per heavy atom. The van der Waals surface area contributed by atoms with Crippen LogP contribution in [0.3, 0.4) is 0 Å². The number of imidazole rings is 1. The molecule has 0 bridgehead atoms. The third-order valence-electron chi connectivity index (χ3n) is 3.25. The normalized spacial score (nSPS) is 12.3. The van der Waals surface area contributed by atoms with Crippen molar-refractivity contribution in [2.75, 3.05) is 0 Å². The van der Waals surface area contributed by atoms with Crippen LogP contribution in [0.25, 0.3) is 5.69 Å². The van der Waals surface area contributed by atoms with E-state index in [4.69, 9.17) is 5.73 Å². The van der Waals surface area contributed by atoms with Gasteiger partial charge < -0.3 is 10.3 Å². The zero-order chi connectivity index (χ0) is 13.9. The first kappa shape index (κ1) is 13.1. The van der Waals surface area contributed by atoms with Gasteiger partial charge in [0.1, 0.15) is 0 Å². The van der Waals surface area contributed by atoms with Gasteiger partial charge in [0.05, 0.1) is 24.3 Å². The minimum absolute atomic E-state index is 0.192. The minimum atomic E-state index is -0.192. The first-order valence-electron chi connectivity index (χ1n) is 6.34. The molecule has 0 aliphatic carbocycles. The van der Waals surface area contributed by atoms with Crippen molar-refractivity contribution in [3.63, 3.8) is 0 Å². The van der Waals surface area contributed by atoms with Gasteiger partial charge in [-0.3, -0.25) is 0 Å². The molecule has 0 saturated carbocycles. The molecule has 3 aromatic rings. The molecule has 1 heterocycles. The van der Waals surface area contributed by atoms with Crippen LogP contribution >= 0.6 is 15.9 Å². The monoisotopic (exact) mass is 327 g/mol. The summed E-state index contributed by atoms with van der Waals surface area (Å²) in [5, 5.41) is 0. The molecule has 0 saturated heterocycles. The first-order chi connectivity index (χ1) is 9.75. The number of aromatic nitrogens is 2. The van der Waals surface area contributed by atoms with Crippen molar-refractivity contribution >= 4 is 15.9 Å². The molecule has 0 aliphatic heterocycles. The summed E-state index contributed by atoms with van der Waals surface area (Å²) in [4.78, 5) is 4.24. The van der Waals surface area contributed by atoms with Crippen molar-refractivity contribution in [2.24, 2.45) is 5.73 Å². The third kappa shape index (κ3) is 2.53. The number of nitrogens with two attached hydrogens (primary N) is 1. The maximum absolute atomic E-state index is 6.36. The SMILES string of the molecule is NC(c1ccccc1)c1cncn1-c1ccc(Br)cc1. The summed E-state index contributed by atoms with van der Waals surface area (Å²) in [7, 11) is 0. The molecule has 0 amide bonds. The quantitative estimate of drug-likeness (QED) is 0.797. The molecule has 1 aromatic heterocycles. The van der Waals surface area contributed by atoms with Gasteiger partial charge in [0.25, 0.3) is 0 Å². The van der Waals surface area contributed by atoms with Gasteiger partial charge in [-0.2, -0.15) is 0 Å². The van der Waals surface area contributed by atoms with Gasteiger partial charge in [-0.05, 0) is 29.8 Å². The maximum atomic E-state index is 6.36. The second-order valence-electron chi connectivity index (χ2n) is 4.55. The molecule has 4 heteroatoms. The summed E-state index contributed by atoms with van der Waals surface area (Å²) in [6.45, 7) is 0. The van der Waals surface area contributed by atoms with E-state index in [1.807, 2.05) is 65.4 Å². The van der Waals surface area contributed by atoms with Crippen molar-refractivity contribution in [1.82, 2.24) is 9.55 Å². The van der Waals surface area contributed by atoms with Crippen LogP contribution in [0.1, 0.15) is 17.3 Å². The Bertz CT molecular complexity index is 689. The molecule has 100 valence electrons. The lowest BCUT2D eigenvalue weighted by molar-refractivity contribution is 0.793. The molecule has 3 rings (SSSR count). The van der Waals surface area contributed by atoms with Gasteiger partial charge >= 0.3 is 0 Å². The van der Waals surface area contributed by atoms with Crippen molar-refractivity contribution in [2.45, 2.75) is 6.04 Å². The smallest absolute Gasteiger partial charge is 0.0994 e. The molecule has 3 nitrogen and oxygen atoms in total. The lowest BCUT2D eigenvalue weighted by Crippen LogP contribution is -2.15. The van der Waals surface area contributed by atoms with Gasteiger partial charge in [-0.1, -0.05) is 46.3 Å². The van der Waals surface area contributed by atoms with Gasteiger partial charge in [0, 0.05) is 10.2 Å². The predicted octanol–water partition coefficient (Wildman–Crippen LogP) is 3.68. The summed E-state index contributed by atoms with van der Waals surface area (Å²) >= 11 is 3.44. The van der Waals surface area contributed by atoms with E-state index in [1.54, 1.807) is 6.33 Å². The van der Waals surface area contributed by atoms with Crippen molar-refractivity contribution in [3.8, 4) is 5.69 Å². The first-order valence-corrected chi connectivity index (χ1v) is 7.14. The van der Waals surface area contributed by atoms with Crippen LogP contribution in [0.4, 0.5) is 0 Å². The highest BCUT2D eigenvalue weighted by molar-refractivity contribution is 9.10. The zero-order valence-corrected chi connectivity index (χ0v) is 12.4. The average Bonchev–Trinajstić information content (AvgIpc) is 2.97. The van der Waals surface area contributed by atoms with Crippen LogP contribution in [0.15, 0.2) is 71.6 Å². The van der Waals surface area contributed by atoms with Crippen LogP contribution in [-0.4, -0.2) is 9.55 Å². The van der Waals surface area contributed by atoms with Gasteiger partial charge in [-0.15, -0.1) is 0 Å². The van der Waals surface area contributed by atoms with Crippen LogP contribution in [-0.2, 0) is 0 Å². The molecule has 0 aliphatic rings. The summed E-state index contributed by atoms with van der Waals surface area (Å²) < 4.78 is 3.07. The topological polar surface area (TPSA) is 43.8 Å². The van der Waals surface area contributed by atoms with E-state index in [9.17, 15) is 0 Å². The Labute approximate surface area is 126 Å². The van der Waals surface area contributed by atoms with E-state index in [0.717, 1.165) is 21.4 Å². The van der Waals surface area contributed by atoms with Crippen molar-refractivity contribution in [3.05, 3.63) is 82.9 Å². The molecule has 1 unspecified atom stereocenters. The second kappa shape index (κ2) is 5.61. The maximum Gasteiger partial charge on any atom is 0.0994 e. The Kier molecular flexibility index (Phi) is 3.67. The molecule has 20 heavy (non-hydrogen) atoms. The lowest BCUT2D eigenvalue weighted by atomic mass is 10.1. The molecule has 0 spiro atoms. The summed E-state index contributed by atoms with van der Waals surface area (Å²) in [6.07, 6.45) is 3.61. The van der Waals surface area contributed by atoms with Gasteiger partial charge in [-0.25, -0.2) is 4.98 Å². The summed E-state index contributed by atoms with van der Waals surface area (Å²) in [5.41, 5.74) is 9.45. The molecule has 1 atom stereocenters. The summed E-state index contributed by atoms with van der Waals surface area (Å²) in [5.74, 6) is 0. The van der Waals surface area contributed by atoms with Gasteiger partial charge in [0.2, 0.25) is 0 Å². The Hall–Kier alpha value is -1.91. The highest BCUT2D eigenvalue weighted by Crippen LogP contribution is 2.23. The highest BCUT2D eigenvalue weighted by atomic mass is 79.9. The Balaban J connectivity index is 2.00. The molecule has 2 N–H and O–H groups in total.